The molecule has 0 spiro atoms. The molecule has 0 saturated heterocycles. The molecule has 2 fully saturated rings. The summed E-state index contributed by atoms with van der Waals surface area (Å²) in [6, 6.07) is 7.80. The minimum absolute atomic E-state index is 0.0805. The number of hydrogen-bond donors (Lipinski definition) is 2. The van der Waals surface area contributed by atoms with E-state index in [1.165, 1.54) is 25.7 Å². The standard InChI is InChI=1S/C18H22N4O2/c19-16-12-2-1-3-13(16)9-14(8-12)18(23)21-15-6-4-11(5-7-15)17-20-10-24-22-17/h4-7,10,12-14,16H,1-3,8-9,19H2,(H,21,23). The van der Waals surface area contributed by atoms with E-state index in [1.807, 2.05) is 24.3 Å². The van der Waals surface area contributed by atoms with Crippen LogP contribution in [0.1, 0.15) is 32.1 Å². The van der Waals surface area contributed by atoms with Crippen molar-refractivity contribution in [3.8, 4) is 11.4 Å². The van der Waals surface area contributed by atoms with Gasteiger partial charge in [-0.05, 0) is 61.8 Å². The molecular formula is C18H22N4O2. The topological polar surface area (TPSA) is 94.0 Å². The van der Waals surface area contributed by atoms with Crippen LogP contribution in [0.2, 0.25) is 0 Å². The van der Waals surface area contributed by atoms with E-state index in [0.29, 0.717) is 17.7 Å². The summed E-state index contributed by atoms with van der Waals surface area (Å²) in [5.41, 5.74) is 7.97. The average Bonchev–Trinajstić information content (AvgIpc) is 3.09. The first-order chi connectivity index (χ1) is 11.7. The van der Waals surface area contributed by atoms with Crippen molar-refractivity contribution in [2.45, 2.75) is 38.1 Å². The van der Waals surface area contributed by atoms with E-state index >= 15 is 0 Å². The molecule has 1 amide bonds. The number of benzene rings is 1. The van der Waals surface area contributed by atoms with Crippen molar-refractivity contribution < 1.29 is 9.32 Å². The van der Waals surface area contributed by atoms with Crippen LogP contribution in [-0.2, 0) is 4.79 Å². The first kappa shape index (κ1) is 15.3. The normalized spacial score (nSPS) is 29.2. The predicted octanol–water partition coefficient (Wildman–Crippen LogP) is 2.83. The van der Waals surface area contributed by atoms with Gasteiger partial charge in [-0.1, -0.05) is 11.6 Å². The molecule has 1 heterocycles. The van der Waals surface area contributed by atoms with Crippen LogP contribution >= 0.6 is 0 Å². The molecule has 2 atom stereocenters. The number of nitrogens with two attached hydrogens (primary N) is 1. The van der Waals surface area contributed by atoms with Gasteiger partial charge in [0.2, 0.25) is 18.1 Å². The lowest BCUT2D eigenvalue weighted by Gasteiger charge is -2.43. The Balaban J connectivity index is 1.41. The van der Waals surface area contributed by atoms with Gasteiger partial charge in [0.15, 0.2) is 0 Å². The molecular weight excluding hydrogens is 304 g/mol. The van der Waals surface area contributed by atoms with E-state index in [9.17, 15) is 4.79 Å². The molecule has 3 N–H and O–H groups in total. The van der Waals surface area contributed by atoms with E-state index in [0.717, 1.165) is 24.1 Å². The third-order valence-corrected chi connectivity index (χ3v) is 5.56. The highest BCUT2D eigenvalue weighted by Gasteiger charge is 2.40. The van der Waals surface area contributed by atoms with E-state index in [4.69, 9.17) is 10.3 Å². The largest absolute Gasteiger partial charge is 0.342 e. The second kappa shape index (κ2) is 6.36. The average molecular weight is 326 g/mol. The molecule has 2 saturated carbocycles. The maximum Gasteiger partial charge on any atom is 0.227 e. The molecule has 126 valence electrons. The zero-order valence-corrected chi connectivity index (χ0v) is 13.5. The molecule has 0 radical (unpaired) electrons. The zero-order chi connectivity index (χ0) is 16.5. The molecule has 2 bridgehead atoms. The lowest BCUT2D eigenvalue weighted by atomic mass is 9.65. The Morgan fingerprint density at radius 1 is 1.17 bits per heavy atom. The number of rotatable bonds is 3. The minimum Gasteiger partial charge on any atom is -0.342 e. The number of carbonyl (C=O) groups excluding carboxylic acids is 1. The van der Waals surface area contributed by atoms with Gasteiger partial charge in [0.25, 0.3) is 0 Å². The lowest BCUT2D eigenvalue weighted by molar-refractivity contribution is -0.122. The summed E-state index contributed by atoms with van der Waals surface area (Å²) >= 11 is 0. The second-order valence-corrected chi connectivity index (χ2v) is 7.02. The zero-order valence-electron chi connectivity index (χ0n) is 13.5. The molecule has 2 aromatic rings. The Morgan fingerprint density at radius 3 is 2.50 bits per heavy atom. The molecule has 6 nitrogen and oxygen atoms in total. The van der Waals surface area contributed by atoms with Gasteiger partial charge in [-0.15, -0.1) is 0 Å². The van der Waals surface area contributed by atoms with Crippen LogP contribution in [0.15, 0.2) is 35.2 Å². The van der Waals surface area contributed by atoms with Gasteiger partial charge in [0.1, 0.15) is 0 Å². The molecule has 4 rings (SSSR count). The fourth-order valence-electron chi connectivity index (χ4n) is 4.25. The van der Waals surface area contributed by atoms with Crippen LogP contribution in [0.4, 0.5) is 5.69 Å². The SMILES string of the molecule is NC1C2CCCC1CC(C(=O)Nc1ccc(-c3ncon3)cc1)C2. The van der Waals surface area contributed by atoms with Crippen molar-refractivity contribution in [2.24, 2.45) is 23.5 Å². The summed E-state index contributed by atoms with van der Waals surface area (Å²) in [6.07, 6.45) is 6.74. The molecule has 2 unspecified atom stereocenters. The Bertz CT molecular complexity index is 684. The summed E-state index contributed by atoms with van der Waals surface area (Å²) < 4.78 is 4.75. The highest BCUT2D eigenvalue weighted by Crippen LogP contribution is 2.42. The van der Waals surface area contributed by atoms with Gasteiger partial charge >= 0.3 is 0 Å². The van der Waals surface area contributed by atoms with Crippen molar-refractivity contribution in [1.82, 2.24) is 10.1 Å². The fourth-order valence-corrected chi connectivity index (χ4v) is 4.25. The Labute approximate surface area is 140 Å². The van der Waals surface area contributed by atoms with Gasteiger partial charge < -0.3 is 15.6 Å². The van der Waals surface area contributed by atoms with Crippen LogP contribution in [-0.4, -0.2) is 22.1 Å². The summed E-state index contributed by atoms with van der Waals surface area (Å²) in [5, 5.41) is 6.85. The Morgan fingerprint density at radius 2 is 1.88 bits per heavy atom. The van der Waals surface area contributed by atoms with E-state index in [1.54, 1.807) is 0 Å². The van der Waals surface area contributed by atoms with Crippen LogP contribution in [0.5, 0.6) is 0 Å². The van der Waals surface area contributed by atoms with Crippen molar-refractivity contribution >= 4 is 11.6 Å². The number of aromatic nitrogens is 2. The first-order valence-corrected chi connectivity index (χ1v) is 8.64. The van der Waals surface area contributed by atoms with E-state index < -0.39 is 0 Å². The number of carbonyl (C=O) groups is 1. The summed E-state index contributed by atoms with van der Waals surface area (Å²) in [5.74, 6) is 1.76. The second-order valence-electron chi connectivity index (χ2n) is 7.02. The van der Waals surface area contributed by atoms with Crippen molar-refractivity contribution in [3.05, 3.63) is 30.7 Å². The van der Waals surface area contributed by atoms with Gasteiger partial charge in [-0.3, -0.25) is 4.79 Å². The smallest absolute Gasteiger partial charge is 0.227 e. The third kappa shape index (κ3) is 2.94. The summed E-state index contributed by atoms with van der Waals surface area (Å²) in [4.78, 5) is 16.6. The van der Waals surface area contributed by atoms with Gasteiger partial charge in [0.05, 0.1) is 0 Å². The number of anilines is 1. The van der Waals surface area contributed by atoms with Crippen LogP contribution in [0.25, 0.3) is 11.4 Å². The quantitative estimate of drug-likeness (QED) is 0.904. The van der Waals surface area contributed by atoms with E-state index in [-0.39, 0.29) is 17.9 Å². The van der Waals surface area contributed by atoms with E-state index in [2.05, 4.69) is 15.5 Å². The number of nitrogens with zero attached hydrogens (tertiary/aromatic N) is 2. The van der Waals surface area contributed by atoms with Gasteiger partial charge in [-0.25, -0.2) is 0 Å². The lowest BCUT2D eigenvalue weighted by Crippen LogP contribution is -2.48. The number of fused-ring (bicyclic) bond motifs is 2. The minimum atomic E-state index is 0.0805. The van der Waals surface area contributed by atoms with Crippen molar-refractivity contribution in [3.63, 3.8) is 0 Å². The summed E-state index contributed by atoms with van der Waals surface area (Å²) in [6.45, 7) is 0. The highest BCUT2D eigenvalue weighted by atomic mass is 16.5. The fraction of sp³-hybridized carbons (Fsp3) is 0.500. The van der Waals surface area contributed by atoms with Crippen molar-refractivity contribution in [2.75, 3.05) is 5.32 Å². The van der Waals surface area contributed by atoms with Gasteiger partial charge in [-0.2, -0.15) is 4.98 Å². The van der Waals surface area contributed by atoms with Crippen LogP contribution in [0.3, 0.4) is 0 Å². The van der Waals surface area contributed by atoms with Gasteiger partial charge in [0, 0.05) is 23.2 Å². The number of nitrogens with one attached hydrogen (secondary N) is 1. The third-order valence-electron chi connectivity index (χ3n) is 5.56. The van der Waals surface area contributed by atoms with Crippen LogP contribution in [0, 0.1) is 17.8 Å². The molecule has 0 aliphatic heterocycles. The van der Waals surface area contributed by atoms with Crippen LogP contribution < -0.4 is 11.1 Å². The molecule has 1 aromatic heterocycles. The Hall–Kier alpha value is -2.21. The molecule has 2 aliphatic rings. The maximum atomic E-state index is 12.6. The van der Waals surface area contributed by atoms with Crippen molar-refractivity contribution in [1.29, 1.82) is 0 Å². The Kier molecular flexibility index (Phi) is 4.06. The molecule has 2 aliphatic carbocycles. The predicted molar refractivity (Wildman–Crippen MR) is 89.9 cm³/mol. The molecule has 6 heteroatoms. The maximum absolute atomic E-state index is 12.6. The number of amides is 1. The monoisotopic (exact) mass is 326 g/mol. The highest BCUT2D eigenvalue weighted by molar-refractivity contribution is 5.92. The summed E-state index contributed by atoms with van der Waals surface area (Å²) in [7, 11) is 0. The number of hydrogen-bond acceptors (Lipinski definition) is 5. The molecule has 1 aromatic carbocycles. The first-order valence-electron chi connectivity index (χ1n) is 8.64. The molecule has 24 heavy (non-hydrogen) atoms.